The van der Waals surface area contributed by atoms with E-state index in [0.717, 1.165) is 36.1 Å². The van der Waals surface area contributed by atoms with Gasteiger partial charge in [-0.05, 0) is 24.6 Å². The Labute approximate surface area is 158 Å². The van der Waals surface area contributed by atoms with E-state index in [0.29, 0.717) is 10.9 Å². The summed E-state index contributed by atoms with van der Waals surface area (Å²) in [6.45, 7) is 2.33. The molecule has 0 saturated carbocycles. The summed E-state index contributed by atoms with van der Waals surface area (Å²) in [4.78, 5) is 25.2. The van der Waals surface area contributed by atoms with Crippen LogP contribution in [0.4, 0.5) is 10.1 Å². The SMILES string of the molecule is CCCCCCn1cc(S(=O)(=O)Nc2ccc(Br)cc2F)c(=O)[nH]c1=O. The predicted molar refractivity (Wildman–Crippen MR) is 100 cm³/mol. The zero-order valence-corrected chi connectivity index (χ0v) is 16.5. The van der Waals surface area contributed by atoms with Crippen LogP contribution in [0.2, 0.25) is 0 Å². The smallest absolute Gasteiger partial charge is 0.299 e. The minimum absolute atomic E-state index is 0.283. The number of benzene rings is 1. The summed E-state index contributed by atoms with van der Waals surface area (Å²) in [6, 6.07) is 3.78. The zero-order valence-electron chi connectivity index (χ0n) is 14.1. The van der Waals surface area contributed by atoms with Crippen molar-refractivity contribution in [2.45, 2.75) is 44.0 Å². The number of aromatic nitrogens is 2. The third-order valence-corrected chi connectivity index (χ3v) is 5.55. The van der Waals surface area contributed by atoms with Crippen LogP contribution in [0.3, 0.4) is 0 Å². The number of aryl methyl sites for hydroxylation is 1. The van der Waals surface area contributed by atoms with E-state index in [1.54, 1.807) is 0 Å². The van der Waals surface area contributed by atoms with Gasteiger partial charge in [0.25, 0.3) is 15.6 Å². The number of nitrogens with zero attached hydrogens (tertiary/aromatic N) is 1. The molecule has 0 atom stereocenters. The Bertz CT molecular complexity index is 1000. The number of H-pyrrole nitrogens is 1. The number of hydrogen-bond acceptors (Lipinski definition) is 4. The van der Waals surface area contributed by atoms with Crippen LogP contribution < -0.4 is 16.0 Å². The molecule has 26 heavy (non-hydrogen) atoms. The van der Waals surface area contributed by atoms with E-state index < -0.39 is 32.0 Å². The Hall–Kier alpha value is -1.94. The first-order chi connectivity index (χ1) is 12.2. The van der Waals surface area contributed by atoms with Crippen LogP contribution in [0.25, 0.3) is 0 Å². The fourth-order valence-electron chi connectivity index (χ4n) is 2.33. The van der Waals surface area contributed by atoms with Crippen molar-refractivity contribution in [1.29, 1.82) is 0 Å². The second kappa shape index (κ2) is 8.63. The van der Waals surface area contributed by atoms with Gasteiger partial charge < -0.3 is 0 Å². The van der Waals surface area contributed by atoms with Gasteiger partial charge in [0.15, 0.2) is 4.90 Å². The van der Waals surface area contributed by atoms with Gasteiger partial charge in [0.2, 0.25) is 0 Å². The second-order valence-electron chi connectivity index (χ2n) is 5.74. The molecule has 0 aliphatic rings. The Morgan fingerprint density at radius 3 is 2.62 bits per heavy atom. The van der Waals surface area contributed by atoms with Crippen LogP contribution in [0.5, 0.6) is 0 Å². The molecule has 2 aromatic rings. The topological polar surface area (TPSA) is 101 Å². The Morgan fingerprint density at radius 1 is 1.23 bits per heavy atom. The summed E-state index contributed by atoms with van der Waals surface area (Å²) in [6.07, 6.45) is 4.56. The zero-order chi connectivity index (χ0) is 19.3. The van der Waals surface area contributed by atoms with Gasteiger partial charge in [-0.25, -0.2) is 17.6 Å². The maximum Gasteiger partial charge on any atom is 0.328 e. The molecule has 142 valence electrons. The number of aromatic amines is 1. The fraction of sp³-hybridized carbons (Fsp3) is 0.375. The molecule has 2 N–H and O–H groups in total. The molecule has 0 spiro atoms. The number of rotatable bonds is 8. The highest BCUT2D eigenvalue weighted by Gasteiger charge is 2.21. The molecule has 0 fully saturated rings. The Balaban J connectivity index is 2.33. The molecule has 0 unspecified atom stereocenters. The van der Waals surface area contributed by atoms with Crippen LogP contribution in [0.1, 0.15) is 32.6 Å². The standard InChI is InChI=1S/C16H19BrFN3O4S/c1-2-3-4-5-8-21-10-14(15(22)19-16(21)23)26(24,25)20-13-7-6-11(17)9-12(13)18/h6-7,9-10,20H,2-5,8H2,1H3,(H,19,22,23). The summed E-state index contributed by atoms with van der Waals surface area (Å²) in [5.41, 5.74) is -2.03. The summed E-state index contributed by atoms with van der Waals surface area (Å²) < 4.78 is 42.4. The lowest BCUT2D eigenvalue weighted by Crippen LogP contribution is -2.34. The lowest BCUT2D eigenvalue weighted by atomic mass is 10.2. The third kappa shape index (κ3) is 5.04. The number of sulfonamides is 1. The van der Waals surface area contributed by atoms with E-state index >= 15 is 0 Å². The van der Waals surface area contributed by atoms with Crippen LogP contribution in [-0.4, -0.2) is 18.0 Å². The van der Waals surface area contributed by atoms with Gasteiger partial charge in [-0.15, -0.1) is 0 Å². The van der Waals surface area contributed by atoms with Gasteiger partial charge in [0, 0.05) is 17.2 Å². The largest absolute Gasteiger partial charge is 0.328 e. The average Bonchev–Trinajstić information content (AvgIpc) is 2.55. The number of hydrogen-bond donors (Lipinski definition) is 2. The molecule has 0 bridgehead atoms. The molecule has 2 rings (SSSR count). The van der Waals surface area contributed by atoms with Gasteiger partial charge in [0.1, 0.15) is 5.82 Å². The molecule has 10 heteroatoms. The third-order valence-electron chi connectivity index (χ3n) is 3.70. The summed E-state index contributed by atoms with van der Waals surface area (Å²) in [5.74, 6) is -0.799. The van der Waals surface area contributed by atoms with Gasteiger partial charge in [-0.3, -0.25) is 19.1 Å². The van der Waals surface area contributed by atoms with Gasteiger partial charge in [-0.2, -0.15) is 0 Å². The summed E-state index contributed by atoms with van der Waals surface area (Å²) in [7, 11) is -4.36. The molecule has 0 aliphatic heterocycles. The number of nitrogens with one attached hydrogen (secondary N) is 2. The first-order valence-electron chi connectivity index (χ1n) is 8.06. The normalized spacial score (nSPS) is 11.5. The molecule has 0 amide bonds. The number of halogens is 2. The highest BCUT2D eigenvalue weighted by atomic mass is 79.9. The molecule has 7 nitrogen and oxygen atoms in total. The summed E-state index contributed by atoms with van der Waals surface area (Å²) in [5, 5.41) is 0. The van der Waals surface area contributed by atoms with Crippen molar-refractivity contribution in [1.82, 2.24) is 9.55 Å². The van der Waals surface area contributed by atoms with Crippen molar-refractivity contribution in [3.05, 3.63) is 55.5 Å². The minimum atomic E-state index is -4.36. The van der Waals surface area contributed by atoms with E-state index in [1.165, 1.54) is 12.1 Å². The number of unbranched alkanes of at least 4 members (excludes halogenated alkanes) is 3. The molecule has 1 aromatic heterocycles. The number of anilines is 1. The molecule has 1 heterocycles. The van der Waals surface area contributed by atoms with Crippen molar-refractivity contribution in [2.24, 2.45) is 0 Å². The van der Waals surface area contributed by atoms with Crippen molar-refractivity contribution in [3.63, 3.8) is 0 Å². The Morgan fingerprint density at radius 2 is 1.96 bits per heavy atom. The average molecular weight is 448 g/mol. The monoisotopic (exact) mass is 447 g/mol. The van der Waals surface area contributed by atoms with E-state index in [1.807, 2.05) is 16.6 Å². The van der Waals surface area contributed by atoms with Crippen molar-refractivity contribution in [2.75, 3.05) is 4.72 Å². The highest BCUT2D eigenvalue weighted by molar-refractivity contribution is 9.10. The molecular weight excluding hydrogens is 429 g/mol. The van der Waals surface area contributed by atoms with Gasteiger partial charge in [0.05, 0.1) is 5.69 Å². The van der Waals surface area contributed by atoms with Gasteiger partial charge >= 0.3 is 5.69 Å². The van der Waals surface area contributed by atoms with Gasteiger partial charge in [-0.1, -0.05) is 42.1 Å². The maximum absolute atomic E-state index is 13.9. The molecule has 0 saturated heterocycles. The van der Waals surface area contributed by atoms with Crippen molar-refractivity contribution in [3.8, 4) is 0 Å². The lowest BCUT2D eigenvalue weighted by molar-refractivity contribution is 0.549. The first kappa shape index (κ1) is 20.4. The summed E-state index contributed by atoms with van der Waals surface area (Å²) >= 11 is 3.07. The molecule has 1 aromatic carbocycles. The molecular formula is C16H19BrFN3O4S. The van der Waals surface area contributed by atoms with Crippen LogP contribution in [-0.2, 0) is 16.6 Å². The van der Waals surface area contributed by atoms with E-state index in [2.05, 4.69) is 15.9 Å². The second-order valence-corrected chi connectivity index (χ2v) is 8.30. The van der Waals surface area contributed by atoms with E-state index in [4.69, 9.17) is 0 Å². The van der Waals surface area contributed by atoms with Crippen LogP contribution >= 0.6 is 15.9 Å². The van der Waals surface area contributed by atoms with E-state index in [9.17, 15) is 22.4 Å². The predicted octanol–water partition coefficient (Wildman–Crippen LogP) is 2.82. The van der Waals surface area contributed by atoms with Crippen molar-refractivity contribution < 1.29 is 12.8 Å². The minimum Gasteiger partial charge on any atom is -0.299 e. The highest BCUT2D eigenvalue weighted by Crippen LogP contribution is 2.21. The molecule has 0 radical (unpaired) electrons. The Kier molecular flexibility index (Phi) is 6.76. The van der Waals surface area contributed by atoms with Crippen LogP contribution in [0.15, 0.2) is 43.4 Å². The lowest BCUT2D eigenvalue weighted by Gasteiger charge is -2.11. The quantitative estimate of drug-likeness (QED) is 0.607. The fourth-order valence-corrected chi connectivity index (χ4v) is 3.79. The molecule has 0 aliphatic carbocycles. The van der Waals surface area contributed by atoms with E-state index in [-0.39, 0.29) is 12.2 Å². The van der Waals surface area contributed by atoms with Crippen LogP contribution in [0, 0.1) is 5.82 Å². The maximum atomic E-state index is 13.9. The first-order valence-corrected chi connectivity index (χ1v) is 10.3. The van der Waals surface area contributed by atoms with Crippen molar-refractivity contribution >= 4 is 31.6 Å².